The van der Waals surface area contributed by atoms with Crippen molar-refractivity contribution in [1.82, 2.24) is 4.98 Å². The number of carbonyl (C=O) groups is 1. The van der Waals surface area contributed by atoms with Gasteiger partial charge in [0.2, 0.25) is 11.5 Å². The molecule has 1 aromatic carbocycles. The van der Waals surface area contributed by atoms with Crippen LogP contribution in [-0.2, 0) is 21.1 Å². The highest BCUT2D eigenvalue weighted by Crippen LogP contribution is 2.11. The van der Waals surface area contributed by atoms with E-state index in [0.717, 1.165) is 6.26 Å². The minimum atomic E-state index is -3.24. The van der Waals surface area contributed by atoms with Crippen molar-refractivity contribution in [2.45, 2.75) is 11.3 Å². The van der Waals surface area contributed by atoms with Crippen LogP contribution in [0.25, 0.3) is 0 Å². The number of sulfone groups is 1. The molecule has 2 rings (SSSR count). The highest BCUT2D eigenvalue weighted by molar-refractivity contribution is 7.90. The maximum Gasteiger partial charge on any atom is 0.249 e. The summed E-state index contributed by atoms with van der Waals surface area (Å²) in [6.45, 7) is 0. The van der Waals surface area contributed by atoms with Gasteiger partial charge in [-0.15, -0.1) is 0 Å². The molecule has 0 atom stereocenters. The van der Waals surface area contributed by atoms with Gasteiger partial charge in [-0.1, -0.05) is 12.1 Å². The molecule has 110 valence electrons. The Labute approximate surface area is 121 Å². The Balaban J connectivity index is 2.05. The summed E-state index contributed by atoms with van der Waals surface area (Å²) in [5, 5.41) is 2.60. The maximum atomic E-state index is 11.8. The van der Waals surface area contributed by atoms with Crippen LogP contribution in [0.4, 0.5) is 5.69 Å². The van der Waals surface area contributed by atoms with Crippen molar-refractivity contribution in [3.8, 4) is 0 Å². The lowest BCUT2D eigenvalue weighted by Gasteiger charge is -2.05. The van der Waals surface area contributed by atoms with E-state index in [1.807, 2.05) is 0 Å². The van der Waals surface area contributed by atoms with Gasteiger partial charge < -0.3 is 10.3 Å². The van der Waals surface area contributed by atoms with Crippen LogP contribution in [0.5, 0.6) is 0 Å². The summed E-state index contributed by atoms with van der Waals surface area (Å²) < 4.78 is 22.7. The molecule has 0 spiro atoms. The molecule has 7 heteroatoms. The monoisotopic (exact) mass is 306 g/mol. The lowest BCUT2D eigenvalue weighted by atomic mass is 10.1. The molecule has 0 radical (unpaired) electrons. The second-order valence-corrected chi connectivity index (χ2v) is 6.60. The minimum absolute atomic E-state index is 0.0941. The van der Waals surface area contributed by atoms with Crippen LogP contribution >= 0.6 is 0 Å². The molecule has 0 bridgehead atoms. The summed E-state index contributed by atoms with van der Waals surface area (Å²) in [5.41, 5.74) is 0.798. The number of benzene rings is 1. The summed E-state index contributed by atoms with van der Waals surface area (Å²) in [7, 11) is -3.24. The quantitative estimate of drug-likeness (QED) is 0.879. The number of H-pyrrole nitrogens is 1. The Morgan fingerprint density at radius 2 is 1.86 bits per heavy atom. The molecule has 0 aliphatic heterocycles. The molecule has 0 aliphatic carbocycles. The van der Waals surface area contributed by atoms with Crippen molar-refractivity contribution in [3.63, 3.8) is 0 Å². The lowest BCUT2D eigenvalue weighted by molar-refractivity contribution is -0.115. The first kappa shape index (κ1) is 15.0. The first-order chi connectivity index (χ1) is 9.84. The second-order valence-electron chi connectivity index (χ2n) is 4.58. The molecular formula is C14H14N2O4S. The van der Waals surface area contributed by atoms with E-state index in [9.17, 15) is 18.0 Å². The molecule has 1 aromatic heterocycles. The Morgan fingerprint density at radius 3 is 2.43 bits per heavy atom. The van der Waals surface area contributed by atoms with Gasteiger partial charge in [-0.05, 0) is 23.8 Å². The van der Waals surface area contributed by atoms with Gasteiger partial charge in [0, 0.05) is 24.2 Å². The van der Waals surface area contributed by atoms with Crippen molar-refractivity contribution in [3.05, 3.63) is 58.5 Å². The van der Waals surface area contributed by atoms with Crippen LogP contribution in [0.2, 0.25) is 0 Å². The Bertz CT molecular complexity index is 807. The molecule has 0 aliphatic rings. The standard InChI is InChI=1S/C14H14N2O4S/c1-21(19,20)12-4-2-10(3-5-12)8-14(18)16-11-6-7-15-13(17)9-11/h2-7,9H,8H2,1H3,(H2,15,16,17,18). The van der Waals surface area contributed by atoms with Crippen LogP contribution in [0, 0.1) is 0 Å². The van der Waals surface area contributed by atoms with Crippen molar-refractivity contribution < 1.29 is 13.2 Å². The van der Waals surface area contributed by atoms with Crippen molar-refractivity contribution >= 4 is 21.4 Å². The summed E-state index contributed by atoms with van der Waals surface area (Å²) >= 11 is 0. The molecule has 0 saturated carbocycles. The number of carbonyl (C=O) groups excluding carboxylic acids is 1. The summed E-state index contributed by atoms with van der Waals surface area (Å²) in [4.78, 5) is 25.6. The predicted octanol–water partition coefficient (Wildman–Crippen LogP) is 0.960. The van der Waals surface area contributed by atoms with E-state index >= 15 is 0 Å². The highest BCUT2D eigenvalue weighted by Gasteiger charge is 2.08. The third kappa shape index (κ3) is 4.28. The number of hydrogen-bond acceptors (Lipinski definition) is 4. The molecule has 1 amide bonds. The third-order valence-electron chi connectivity index (χ3n) is 2.78. The van der Waals surface area contributed by atoms with Gasteiger partial charge in [-0.25, -0.2) is 8.42 Å². The molecule has 0 fully saturated rings. The van der Waals surface area contributed by atoms with E-state index in [1.165, 1.54) is 24.4 Å². The van der Waals surface area contributed by atoms with Gasteiger partial charge in [0.25, 0.3) is 0 Å². The number of pyridine rings is 1. The zero-order chi connectivity index (χ0) is 15.5. The Hall–Kier alpha value is -2.41. The van der Waals surface area contributed by atoms with Gasteiger partial charge in [0.15, 0.2) is 9.84 Å². The maximum absolute atomic E-state index is 11.8. The molecule has 21 heavy (non-hydrogen) atoms. The van der Waals surface area contributed by atoms with Crippen LogP contribution in [-0.4, -0.2) is 25.6 Å². The minimum Gasteiger partial charge on any atom is -0.329 e. The summed E-state index contributed by atoms with van der Waals surface area (Å²) in [6.07, 6.45) is 2.66. The van der Waals surface area contributed by atoms with Crippen LogP contribution in [0.15, 0.2) is 52.3 Å². The van der Waals surface area contributed by atoms with E-state index < -0.39 is 9.84 Å². The molecule has 2 aromatic rings. The largest absolute Gasteiger partial charge is 0.329 e. The number of aromatic nitrogens is 1. The van der Waals surface area contributed by atoms with Gasteiger partial charge in [0.1, 0.15) is 0 Å². The molecule has 6 nitrogen and oxygen atoms in total. The van der Waals surface area contributed by atoms with Crippen LogP contribution in [0.3, 0.4) is 0 Å². The van der Waals surface area contributed by atoms with Gasteiger partial charge >= 0.3 is 0 Å². The van der Waals surface area contributed by atoms with Crippen LogP contribution < -0.4 is 10.9 Å². The number of hydrogen-bond donors (Lipinski definition) is 2. The average Bonchev–Trinajstić information content (AvgIpc) is 2.38. The van der Waals surface area contributed by atoms with E-state index in [2.05, 4.69) is 10.3 Å². The molecule has 0 saturated heterocycles. The van der Waals surface area contributed by atoms with Crippen molar-refractivity contribution in [2.75, 3.05) is 11.6 Å². The van der Waals surface area contributed by atoms with E-state index in [0.29, 0.717) is 11.3 Å². The zero-order valence-corrected chi connectivity index (χ0v) is 12.1. The van der Waals surface area contributed by atoms with E-state index in [4.69, 9.17) is 0 Å². The molecule has 1 heterocycles. The average molecular weight is 306 g/mol. The normalized spacial score (nSPS) is 11.1. The van der Waals surface area contributed by atoms with E-state index in [1.54, 1.807) is 18.2 Å². The fraction of sp³-hybridized carbons (Fsp3) is 0.143. The number of nitrogens with one attached hydrogen (secondary N) is 2. The summed E-state index contributed by atoms with van der Waals surface area (Å²) in [5.74, 6) is -0.285. The Morgan fingerprint density at radius 1 is 1.19 bits per heavy atom. The van der Waals surface area contributed by atoms with Gasteiger partial charge in [-0.2, -0.15) is 0 Å². The number of amides is 1. The fourth-order valence-corrected chi connectivity index (χ4v) is 2.40. The molecular weight excluding hydrogens is 292 g/mol. The van der Waals surface area contributed by atoms with E-state index in [-0.39, 0.29) is 22.8 Å². The van der Waals surface area contributed by atoms with Crippen molar-refractivity contribution in [2.24, 2.45) is 0 Å². The highest BCUT2D eigenvalue weighted by atomic mass is 32.2. The number of anilines is 1. The SMILES string of the molecule is CS(=O)(=O)c1ccc(CC(=O)Nc2cc[nH]c(=O)c2)cc1. The third-order valence-corrected chi connectivity index (χ3v) is 3.90. The smallest absolute Gasteiger partial charge is 0.249 e. The first-order valence-electron chi connectivity index (χ1n) is 6.12. The molecule has 0 unspecified atom stereocenters. The van der Waals surface area contributed by atoms with Crippen molar-refractivity contribution in [1.29, 1.82) is 0 Å². The lowest BCUT2D eigenvalue weighted by Crippen LogP contribution is -2.16. The predicted molar refractivity (Wildman–Crippen MR) is 78.9 cm³/mol. The first-order valence-corrected chi connectivity index (χ1v) is 8.01. The zero-order valence-electron chi connectivity index (χ0n) is 11.3. The van der Waals surface area contributed by atoms with Gasteiger partial charge in [0.05, 0.1) is 11.3 Å². The van der Waals surface area contributed by atoms with Crippen LogP contribution in [0.1, 0.15) is 5.56 Å². The van der Waals surface area contributed by atoms with Gasteiger partial charge in [-0.3, -0.25) is 9.59 Å². The number of aromatic amines is 1. The second kappa shape index (κ2) is 5.92. The number of rotatable bonds is 4. The Kier molecular flexibility index (Phi) is 4.23. The fourth-order valence-electron chi connectivity index (χ4n) is 1.77. The topological polar surface area (TPSA) is 96.1 Å². The summed E-state index contributed by atoms with van der Waals surface area (Å²) in [6, 6.07) is 8.97. The molecule has 2 N–H and O–H groups in total.